The van der Waals surface area contributed by atoms with Gasteiger partial charge < -0.3 is 5.11 Å². The molecule has 2 heteroatoms. The fourth-order valence-corrected chi connectivity index (χ4v) is 1.31. The van der Waals surface area contributed by atoms with Crippen molar-refractivity contribution < 1.29 is 9.90 Å². The first-order valence-corrected chi connectivity index (χ1v) is 5.04. The van der Waals surface area contributed by atoms with Crippen LogP contribution in [-0.2, 0) is 4.79 Å². The molecule has 0 aliphatic carbocycles. The van der Waals surface area contributed by atoms with Gasteiger partial charge in [0, 0.05) is 5.92 Å². The van der Waals surface area contributed by atoms with Crippen molar-refractivity contribution in [2.45, 2.75) is 53.1 Å². The molecule has 0 aliphatic rings. The maximum atomic E-state index is 11.2. The third kappa shape index (κ3) is 3.90. The molecule has 0 spiro atoms. The lowest BCUT2D eigenvalue weighted by molar-refractivity contribution is -0.123. The van der Waals surface area contributed by atoms with Crippen molar-refractivity contribution in [2.75, 3.05) is 0 Å². The fraction of sp³-hybridized carbons (Fsp3) is 0.909. The number of hydrogen-bond donors (Lipinski definition) is 1. The van der Waals surface area contributed by atoms with Gasteiger partial charge in [-0.05, 0) is 32.6 Å². The molecular formula is C11H22O2. The zero-order valence-corrected chi connectivity index (χ0v) is 9.42. The summed E-state index contributed by atoms with van der Waals surface area (Å²) in [6.45, 7) is 9.36. The number of carbonyl (C=O) groups excluding carboxylic acids is 1. The number of hydrogen-bond acceptors (Lipinski definition) is 2. The Labute approximate surface area is 81.3 Å². The fourth-order valence-electron chi connectivity index (χ4n) is 1.31. The molecule has 2 nitrogen and oxygen atoms in total. The van der Waals surface area contributed by atoms with E-state index in [1.807, 2.05) is 27.7 Å². The molecule has 0 rings (SSSR count). The Kier molecular flexibility index (Phi) is 4.62. The third-order valence-corrected chi connectivity index (χ3v) is 2.97. The minimum Gasteiger partial charge on any atom is -0.390 e. The second-order valence-electron chi connectivity index (χ2n) is 4.43. The van der Waals surface area contributed by atoms with Gasteiger partial charge in [-0.15, -0.1) is 0 Å². The first kappa shape index (κ1) is 12.6. The molecule has 0 aromatic carbocycles. The van der Waals surface area contributed by atoms with Crippen LogP contribution >= 0.6 is 0 Å². The van der Waals surface area contributed by atoms with Crippen LogP contribution in [0, 0.1) is 11.8 Å². The molecular weight excluding hydrogens is 164 g/mol. The summed E-state index contributed by atoms with van der Waals surface area (Å²) in [6, 6.07) is 0. The highest BCUT2D eigenvalue weighted by Gasteiger charge is 2.29. The Hall–Kier alpha value is -0.370. The highest BCUT2D eigenvalue weighted by molar-refractivity contribution is 5.78. The van der Waals surface area contributed by atoms with Crippen LogP contribution in [-0.4, -0.2) is 16.5 Å². The van der Waals surface area contributed by atoms with E-state index in [-0.39, 0.29) is 17.6 Å². The smallest absolute Gasteiger partial charge is 0.133 e. The Morgan fingerprint density at radius 3 is 2.15 bits per heavy atom. The Morgan fingerprint density at radius 2 is 1.92 bits per heavy atom. The van der Waals surface area contributed by atoms with Gasteiger partial charge in [0.1, 0.15) is 5.78 Å². The van der Waals surface area contributed by atoms with Crippen molar-refractivity contribution in [3.63, 3.8) is 0 Å². The van der Waals surface area contributed by atoms with Gasteiger partial charge in [-0.2, -0.15) is 0 Å². The Morgan fingerprint density at radius 1 is 1.46 bits per heavy atom. The summed E-state index contributed by atoms with van der Waals surface area (Å²) >= 11 is 0. The molecule has 0 aromatic rings. The third-order valence-electron chi connectivity index (χ3n) is 2.97. The number of Topliss-reactive ketones (excluding diaryl/α,β-unsaturated/α-hetero) is 1. The maximum absolute atomic E-state index is 11.2. The van der Waals surface area contributed by atoms with Gasteiger partial charge in [0.05, 0.1) is 5.60 Å². The zero-order valence-electron chi connectivity index (χ0n) is 9.42. The van der Waals surface area contributed by atoms with Crippen molar-refractivity contribution in [1.82, 2.24) is 0 Å². The highest BCUT2D eigenvalue weighted by Crippen LogP contribution is 2.26. The number of rotatable bonds is 5. The van der Waals surface area contributed by atoms with E-state index in [1.165, 1.54) is 0 Å². The first-order chi connectivity index (χ1) is 5.81. The van der Waals surface area contributed by atoms with Crippen LogP contribution in [0.2, 0.25) is 0 Å². The standard InChI is InChI=1S/C11H22O2/c1-6-10(9(4)12)7-11(5,13)8(2)3/h8,10,13H,6-7H2,1-5H3. The minimum absolute atomic E-state index is 0.0115. The highest BCUT2D eigenvalue weighted by atomic mass is 16.3. The number of ketones is 1. The first-order valence-electron chi connectivity index (χ1n) is 5.04. The van der Waals surface area contributed by atoms with E-state index < -0.39 is 5.60 Å². The van der Waals surface area contributed by atoms with E-state index in [0.717, 1.165) is 6.42 Å². The molecule has 0 aliphatic heterocycles. The van der Waals surface area contributed by atoms with Crippen LogP contribution in [0.5, 0.6) is 0 Å². The molecule has 0 saturated heterocycles. The largest absolute Gasteiger partial charge is 0.390 e. The Bertz CT molecular complexity index is 171. The molecule has 1 N–H and O–H groups in total. The molecule has 0 amide bonds. The maximum Gasteiger partial charge on any atom is 0.133 e. The topological polar surface area (TPSA) is 37.3 Å². The molecule has 0 aromatic heterocycles. The molecule has 0 fully saturated rings. The molecule has 0 heterocycles. The van der Waals surface area contributed by atoms with Crippen LogP contribution in [0.4, 0.5) is 0 Å². The van der Waals surface area contributed by atoms with Gasteiger partial charge in [-0.3, -0.25) is 4.79 Å². The van der Waals surface area contributed by atoms with Crippen LogP contribution in [0.15, 0.2) is 0 Å². The SMILES string of the molecule is CCC(CC(C)(O)C(C)C)C(C)=O. The molecule has 2 unspecified atom stereocenters. The summed E-state index contributed by atoms with van der Waals surface area (Å²) in [4.78, 5) is 11.2. The minimum atomic E-state index is -0.716. The Balaban J connectivity index is 4.30. The predicted molar refractivity (Wildman–Crippen MR) is 54.5 cm³/mol. The zero-order chi connectivity index (χ0) is 10.6. The molecule has 0 saturated carbocycles. The molecule has 13 heavy (non-hydrogen) atoms. The monoisotopic (exact) mass is 186 g/mol. The number of carbonyl (C=O) groups is 1. The van der Waals surface area contributed by atoms with Crippen LogP contribution < -0.4 is 0 Å². The summed E-state index contributed by atoms with van der Waals surface area (Å²) < 4.78 is 0. The van der Waals surface area contributed by atoms with Crippen LogP contribution in [0.1, 0.15) is 47.5 Å². The average molecular weight is 186 g/mol. The van der Waals surface area contributed by atoms with Crippen molar-refractivity contribution >= 4 is 5.78 Å². The average Bonchev–Trinajstić information content (AvgIpc) is 1.99. The predicted octanol–water partition coefficient (Wildman–Crippen LogP) is 2.40. The van der Waals surface area contributed by atoms with Gasteiger partial charge in [-0.1, -0.05) is 20.8 Å². The summed E-state index contributed by atoms with van der Waals surface area (Å²) in [7, 11) is 0. The van der Waals surface area contributed by atoms with Crippen LogP contribution in [0.25, 0.3) is 0 Å². The number of aliphatic hydroxyl groups is 1. The van der Waals surface area contributed by atoms with E-state index >= 15 is 0 Å². The van der Waals surface area contributed by atoms with Gasteiger partial charge in [-0.25, -0.2) is 0 Å². The molecule has 2 atom stereocenters. The summed E-state index contributed by atoms with van der Waals surface area (Å²) in [5.74, 6) is 0.390. The summed E-state index contributed by atoms with van der Waals surface area (Å²) in [5.41, 5.74) is -0.716. The van der Waals surface area contributed by atoms with E-state index in [1.54, 1.807) is 6.92 Å². The van der Waals surface area contributed by atoms with E-state index in [9.17, 15) is 9.90 Å². The molecule has 0 radical (unpaired) electrons. The van der Waals surface area contributed by atoms with Crippen molar-refractivity contribution in [3.8, 4) is 0 Å². The normalized spacial score (nSPS) is 18.4. The van der Waals surface area contributed by atoms with E-state index in [4.69, 9.17) is 0 Å². The van der Waals surface area contributed by atoms with Crippen molar-refractivity contribution in [2.24, 2.45) is 11.8 Å². The molecule has 78 valence electrons. The van der Waals surface area contributed by atoms with Gasteiger partial charge in [0.15, 0.2) is 0 Å². The lowest BCUT2D eigenvalue weighted by Crippen LogP contribution is -2.35. The second-order valence-corrected chi connectivity index (χ2v) is 4.43. The lowest BCUT2D eigenvalue weighted by atomic mass is 9.81. The quantitative estimate of drug-likeness (QED) is 0.716. The van der Waals surface area contributed by atoms with Crippen molar-refractivity contribution in [1.29, 1.82) is 0 Å². The van der Waals surface area contributed by atoms with Crippen LogP contribution in [0.3, 0.4) is 0 Å². The van der Waals surface area contributed by atoms with Gasteiger partial charge >= 0.3 is 0 Å². The lowest BCUT2D eigenvalue weighted by Gasteiger charge is -2.30. The van der Waals surface area contributed by atoms with Crippen molar-refractivity contribution in [3.05, 3.63) is 0 Å². The van der Waals surface area contributed by atoms with Gasteiger partial charge in [0.2, 0.25) is 0 Å². The summed E-state index contributed by atoms with van der Waals surface area (Å²) in [6.07, 6.45) is 1.40. The molecule has 0 bridgehead atoms. The van der Waals surface area contributed by atoms with E-state index in [0.29, 0.717) is 6.42 Å². The second kappa shape index (κ2) is 4.75. The summed E-state index contributed by atoms with van der Waals surface area (Å²) in [5, 5.41) is 9.99. The van der Waals surface area contributed by atoms with E-state index in [2.05, 4.69) is 0 Å². The van der Waals surface area contributed by atoms with Gasteiger partial charge in [0.25, 0.3) is 0 Å².